The number of anilines is 3. The maximum absolute atomic E-state index is 13.8. The van der Waals surface area contributed by atoms with Gasteiger partial charge < -0.3 is 20.5 Å². The summed E-state index contributed by atoms with van der Waals surface area (Å²) in [6.07, 6.45) is 13.0. The molecule has 0 saturated heterocycles. The van der Waals surface area contributed by atoms with Crippen LogP contribution in [-0.4, -0.2) is 26.9 Å². The van der Waals surface area contributed by atoms with Crippen molar-refractivity contribution >= 4 is 69.4 Å². The number of nitrogens with one attached hydrogen (secondary N) is 3. The number of phenolic OH excluding ortho intramolecular Hbond substituents is 1. The van der Waals surface area contributed by atoms with Gasteiger partial charge >= 0.3 is 0 Å². The van der Waals surface area contributed by atoms with Crippen LogP contribution in [0.25, 0.3) is 5.69 Å². The van der Waals surface area contributed by atoms with Crippen molar-refractivity contribution in [3.05, 3.63) is 90.7 Å². The summed E-state index contributed by atoms with van der Waals surface area (Å²) < 4.78 is 7.52. The summed E-state index contributed by atoms with van der Waals surface area (Å²) in [7, 11) is 0. The van der Waals surface area contributed by atoms with Gasteiger partial charge in [0.2, 0.25) is 0 Å². The van der Waals surface area contributed by atoms with Crippen molar-refractivity contribution in [3.8, 4) is 17.2 Å². The highest BCUT2D eigenvalue weighted by Gasteiger charge is 2.24. The lowest BCUT2D eigenvalue weighted by molar-refractivity contribution is -0.123. The monoisotopic (exact) mass is 776 g/mol. The molecular formula is C39H48Cl4N4O4. The van der Waals surface area contributed by atoms with E-state index in [2.05, 4.69) is 22.7 Å². The molecule has 0 aliphatic rings. The van der Waals surface area contributed by atoms with E-state index >= 15 is 0 Å². The minimum atomic E-state index is -0.783. The van der Waals surface area contributed by atoms with Gasteiger partial charge in [0.25, 0.3) is 11.5 Å². The second kappa shape index (κ2) is 19.0. The highest BCUT2D eigenvalue weighted by molar-refractivity contribution is 6.40. The van der Waals surface area contributed by atoms with Crippen molar-refractivity contribution in [1.82, 2.24) is 9.78 Å². The zero-order valence-corrected chi connectivity index (χ0v) is 32.7. The van der Waals surface area contributed by atoms with Crippen LogP contribution in [0, 0.1) is 0 Å². The summed E-state index contributed by atoms with van der Waals surface area (Å²) in [5.74, 6) is 0.369. The first kappa shape index (κ1) is 40.5. The van der Waals surface area contributed by atoms with E-state index in [-0.39, 0.29) is 38.5 Å². The molecule has 1 atom stereocenters. The third-order valence-corrected chi connectivity index (χ3v) is 9.77. The van der Waals surface area contributed by atoms with E-state index in [0.717, 1.165) is 24.8 Å². The number of phenols is 1. The van der Waals surface area contributed by atoms with Crippen molar-refractivity contribution in [2.45, 2.75) is 110 Å². The van der Waals surface area contributed by atoms with Crippen LogP contribution >= 0.6 is 46.4 Å². The Labute approximate surface area is 320 Å². The van der Waals surface area contributed by atoms with Gasteiger partial charge in [-0.1, -0.05) is 132 Å². The molecule has 4 N–H and O–H groups in total. The normalized spacial score (nSPS) is 12.2. The van der Waals surface area contributed by atoms with Gasteiger partial charge in [0.05, 0.1) is 20.8 Å². The lowest BCUT2D eigenvalue weighted by Crippen LogP contribution is -2.33. The smallest absolute Gasteiger partial charge is 0.295 e. The molecule has 4 aromatic rings. The van der Waals surface area contributed by atoms with E-state index in [0.29, 0.717) is 33.6 Å². The highest BCUT2D eigenvalue weighted by atomic mass is 35.5. The van der Waals surface area contributed by atoms with E-state index in [4.69, 9.17) is 51.1 Å². The highest BCUT2D eigenvalue weighted by Crippen LogP contribution is 2.35. The summed E-state index contributed by atoms with van der Waals surface area (Å²) in [6.45, 7) is 8.26. The number of halogens is 4. The standard InChI is InChI=1S/C39H48Cl4N4O4/c1-5-6-7-8-9-10-11-12-13-14-15-35(51-27-17-19-34(48)28(23-27)39(2,3)4)37(49)45-26-16-18-29(41)32(22-26)46-33-24-44-47(38(33)50)36-30(42)20-25(40)21-31(36)43/h16-24,35,44,46,48H,5-15H2,1-4H3,(H,45,49). The third kappa shape index (κ3) is 11.6. The number of amides is 1. The van der Waals surface area contributed by atoms with Crippen LogP contribution in [-0.2, 0) is 10.2 Å². The largest absolute Gasteiger partial charge is 0.508 e. The van der Waals surface area contributed by atoms with E-state index in [9.17, 15) is 14.7 Å². The van der Waals surface area contributed by atoms with Gasteiger partial charge in [0.15, 0.2) is 6.10 Å². The topological polar surface area (TPSA) is 108 Å². The Morgan fingerprint density at radius 1 is 0.843 bits per heavy atom. The Hall–Kier alpha value is -3.30. The molecule has 276 valence electrons. The molecule has 51 heavy (non-hydrogen) atoms. The predicted molar refractivity (Wildman–Crippen MR) is 212 cm³/mol. The van der Waals surface area contributed by atoms with Gasteiger partial charge in [-0.2, -0.15) is 0 Å². The molecule has 0 radical (unpaired) electrons. The molecule has 1 aromatic heterocycles. The Morgan fingerprint density at radius 3 is 2.10 bits per heavy atom. The number of hydrogen-bond donors (Lipinski definition) is 4. The fourth-order valence-corrected chi connectivity index (χ4v) is 7.01. The van der Waals surface area contributed by atoms with Crippen molar-refractivity contribution in [2.75, 3.05) is 10.6 Å². The zero-order chi connectivity index (χ0) is 37.1. The number of nitrogens with zero attached hydrogens (tertiary/aromatic N) is 1. The van der Waals surface area contributed by atoms with E-state index in [1.807, 2.05) is 20.8 Å². The van der Waals surface area contributed by atoms with Crippen LogP contribution in [0.3, 0.4) is 0 Å². The average molecular weight is 779 g/mol. The first-order valence-electron chi connectivity index (χ1n) is 17.6. The molecule has 8 nitrogen and oxygen atoms in total. The minimum Gasteiger partial charge on any atom is -0.508 e. The summed E-state index contributed by atoms with van der Waals surface area (Å²) in [5, 5.41) is 20.4. The van der Waals surface area contributed by atoms with E-state index in [1.165, 1.54) is 68.0 Å². The van der Waals surface area contributed by atoms with Crippen LogP contribution in [0.2, 0.25) is 20.1 Å². The predicted octanol–water partition coefficient (Wildman–Crippen LogP) is 12.2. The van der Waals surface area contributed by atoms with Crippen molar-refractivity contribution < 1.29 is 14.6 Å². The molecule has 0 aliphatic heterocycles. The molecule has 4 rings (SSSR count). The Balaban J connectivity index is 1.47. The molecular weight excluding hydrogens is 730 g/mol. The quantitative estimate of drug-likeness (QED) is 0.0752. The number of rotatable bonds is 18. The van der Waals surface area contributed by atoms with Crippen LogP contribution in [0.4, 0.5) is 17.1 Å². The SMILES string of the molecule is CCCCCCCCCCCCC(Oc1ccc(O)c(C(C)(C)C)c1)C(=O)Nc1ccc(Cl)c(Nc2c[nH]n(-c3c(Cl)cc(Cl)cc3Cl)c2=O)c1. The molecule has 0 saturated carbocycles. The van der Waals surface area contributed by atoms with E-state index < -0.39 is 11.7 Å². The number of H-pyrrole nitrogens is 1. The molecule has 0 fully saturated rings. The van der Waals surface area contributed by atoms with Gasteiger partial charge in [0.1, 0.15) is 22.9 Å². The fourth-order valence-electron chi connectivity index (χ4n) is 5.85. The van der Waals surface area contributed by atoms with Crippen molar-refractivity contribution in [1.29, 1.82) is 0 Å². The van der Waals surface area contributed by atoms with Crippen molar-refractivity contribution in [3.63, 3.8) is 0 Å². The van der Waals surface area contributed by atoms with Crippen molar-refractivity contribution in [2.24, 2.45) is 0 Å². The Morgan fingerprint density at radius 2 is 1.47 bits per heavy atom. The molecule has 0 bridgehead atoms. The number of hydrogen-bond acceptors (Lipinski definition) is 5. The maximum atomic E-state index is 13.8. The molecule has 1 heterocycles. The average Bonchev–Trinajstić information content (AvgIpc) is 3.41. The van der Waals surface area contributed by atoms with Gasteiger partial charge in [-0.3, -0.25) is 14.7 Å². The number of carbonyl (C=O) groups excluding carboxylic acids is 1. The molecule has 1 unspecified atom stereocenters. The first-order valence-corrected chi connectivity index (χ1v) is 19.1. The van der Waals surface area contributed by atoms with Crippen LogP contribution in [0.1, 0.15) is 104 Å². The summed E-state index contributed by atoms with van der Waals surface area (Å²) >= 11 is 25.2. The number of aromatic hydroxyl groups is 1. The number of aromatic nitrogens is 2. The summed E-state index contributed by atoms with van der Waals surface area (Å²) in [4.78, 5) is 27.1. The zero-order valence-electron chi connectivity index (χ0n) is 29.7. The van der Waals surface area contributed by atoms with Gasteiger partial charge in [0, 0.05) is 22.5 Å². The summed E-state index contributed by atoms with van der Waals surface area (Å²) in [5.41, 5.74) is 1.24. The van der Waals surface area contributed by atoms with Crippen LogP contribution < -0.4 is 20.9 Å². The van der Waals surface area contributed by atoms with Crippen LogP contribution in [0.15, 0.2) is 59.5 Å². The van der Waals surface area contributed by atoms with Crippen LogP contribution in [0.5, 0.6) is 11.5 Å². The third-order valence-electron chi connectivity index (χ3n) is 8.65. The Bertz CT molecular complexity index is 1810. The van der Waals surface area contributed by atoms with Gasteiger partial charge in [-0.05, 0) is 66.8 Å². The lowest BCUT2D eigenvalue weighted by Gasteiger charge is -2.23. The first-order chi connectivity index (χ1) is 24.3. The molecule has 3 aromatic carbocycles. The second-order valence-corrected chi connectivity index (χ2v) is 15.5. The molecule has 0 aliphatic carbocycles. The fraction of sp³-hybridized carbons (Fsp3) is 0.436. The number of aromatic amines is 1. The maximum Gasteiger partial charge on any atom is 0.295 e. The number of carbonyl (C=O) groups is 1. The lowest BCUT2D eigenvalue weighted by atomic mass is 9.86. The summed E-state index contributed by atoms with van der Waals surface area (Å²) in [6, 6.07) is 13.0. The number of ether oxygens (including phenoxy) is 1. The second-order valence-electron chi connectivity index (χ2n) is 13.9. The molecule has 1 amide bonds. The molecule has 12 heteroatoms. The Kier molecular flexibility index (Phi) is 15.1. The number of unbranched alkanes of at least 4 members (excludes halogenated alkanes) is 9. The molecule has 0 spiro atoms. The van der Waals surface area contributed by atoms with Gasteiger partial charge in [-0.25, -0.2) is 4.68 Å². The minimum absolute atomic E-state index is 0.173. The van der Waals surface area contributed by atoms with Gasteiger partial charge in [-0.15, -0.1) is 0 Å². The van der Waals surface area contributed by atoms with E-state index in [1.54, 1.807) is 36.4 Å². The number of benzene rings is 3.